The molecule has 0 amide bonds. The van der Waals surface area contributed by atoms with Crippen LogP contribution in [0.1, 0.15) is 41.5 Å². The van der Waals surface area contributed by atoms with Gasteiger partial charge in [-0.15, -0.1) is 6.42 Å². The molecule has 0 aromatic rings. The molecule has 0 radical (unpaired) electrons. The van der Waals surface area contributed by atoms with Crippen molar-refractivity contribution in [2.45, 2.75) is 64.3 Å². The number of hydrogen-bond donors (Lipinski definition) is 1. The molecule has 0 spiro atoms. The summed E-state index contributed by atoms with van der Waals surface area (Å²) in [5.74, 6) is 2.31. The van der Waals surface area contributed by atoms with E-state index in [1.54, 1.807) is 0 Å². The highest BCUT2D eigenvalue weighted by molar-refractivity contribution is 6.77. The zero-order chi connectivity index (χ0) is 12.9. The smallest absolute Gasteiger partial charge is 0.200 e. The van der Waals surface area contributed by atoms with Crippen molar-refractivity contribution in [3.8, 4) is 12.3 Å². The maximum atomic E-state index is 9.43. The maximum absolute atomic E-state index is 9.43. The molecular formula is C13H26O2Si. The van der Waals surface area contributed by atoms with Gasteiger partial charge in [-0.2, -0.15) is 0 Å². The van der Waals surface area contributed by atoms with Crippen LogP contribution in [0.5, 0.6) is 0 Å². The summed E-state index contributed by atoms with van der Waals surface area (Å²) in [6.07, 6.45) is 4.39. The number of hydrogen-bond acceptors (Lipinski definition) is 2. The molecule has 0 aliphatic carbocycles. The van der Waals surface area contributed by atoms with Gasteiger partial charge in [-0.3, -0.25) is 0 Å². The Morgan fingerprint density at radius 2 is 1.44 bits per heavy atom. The number of terminal acetylenes is 1. The van der Waals surface area contributed by atoms with E-state index in [1.807, 2.05) is 0 Å². The molecule has 0 saturated heterocycles. The van der Waals surface area contributed by atoms with E-state index in [0.29, 0.717) is 16.6 Å². The highest BCUT2D eigenvalue weighted by Crippen LogP contribution is 2.42. The summed E-state index contributed by atoms with van der Waals surface area (Å²) in [6.45, 7) is 13.6. The fraction of sp³-hybridized carbons (Fsp3) is 0.846. The lowest BCUT2D eigenvalue weighted by atomic mass is 10.4. The average molecular weight is 242 g/mol. The lowest BCUT2D eigenvalue weighted by molar-refractivity contribution is 0.139. The van der Waals surface area contributed by atoms with Gasteiger partial charge in [0.1, 0.15) is 6.10 Å². The fourth-order valence-corrected chi connectivity index (χ4v) is 8.22. The molecule has 0 saturated carbocycles. The second kappa shape index (κ2) is 6.44. The summed E-state index contributed by atoms with van der Waals surface area (Å²) in [5, 5.41) is 9.43. The molecule has 0 heterocycles. The van der Waals surface area contributed by atoms with Crippen molar-refractivity contribution in [1.29, 1.82) is 0 Å². The van der Waals surface area contributed by atoms with Gasteiger partial charge in [-0.1, -0.05) is 47.5 Å². The summed E-state index contributed by atoms with van der Waals surface area (Å²) < 4.78 is 6.11. The highest BCUT2D eigenvalue weighted by atomic mass is 28.4. The van der Waals surface area contributed by atoms with Crippen molar-refractivity contribution in [3.63, 3.8) is 0 Å². The Hall–Kier alpha value is -0.303. The minimum Gasteiger partial charge on any atom is -0.412 e. The van der Waals surface area contributed by atoms with Crippen LogP contribution in [-0.4, -0.2) is 26.1 Å². The first-order chi connectivity index (χ1) is 7.28. The van der Waals surface area contributed by atoms with Crippen LogP contribution in [0, 0.1) is 12.3 Å². The predicted molar refractivity (Wildman–Crippen MR) is 71.8 cm³/mol. The van der Waals surface area contributed by atoms with Crippen LogP contribution >= 0.6 is 0 Å². The molecule has 0 aromatic carbocycles. The quantitative estimate of drug-likeness (QED) is 0.572. The Bertz CT molecular complexity index is 219. The molecular weight excluding hydrogens is 216 g/mol. The van der Waals surface area contributed by atoms with E-state index in [-0.39, 0.29) is 6.61 Å². The SMILES string of the molecule is C#CC(O)CO[Si](C(C)C)(C(C)C)C(C)C. The molecule has 1 atom stereocenters. The molecule has 0 aliphatic rings. The number of aliphatic hydroxyl groups is 1. The normalized spacial score (nSPS) is 14.6. The van der Waals surface area contributed by atoms with Crippen molar-refractivity contribution in [2.24, 2.45) is 0 Å². The molecule has 3 heteroatoms. The summed E-state index contributed by atoms with van der Waals surface area (Å²) in [5.41, 5.74) is 1.58. The molecule has 0 fully saturated rings. The second-order valence-electron chi connectivity index (χ2n) is 5.31. The fourth-order valence-electron chi connectivity index (χ4n) is 2.77. The highest BCUT2D eigenvalue weighted by Gasteiger charge is 2.45. The van der Waals surface area contributed by atoms with Crippen LogP contribution < -0.4 is 0 Å². The Kier molecular flexibility index (Phi) is 6.31. The van der Waals surface area contributed by atoms with E-state index in [2.05, 4.69) is 47.5 Å². The standard InChI is InChI=1S/C13H26O2Si/c1-8-13(14)9-15-16(10(2)3,11(4)5)12(6)7/h1,10-14H,9H2,2-7H3. The van der Waals surface area contributed by atoms with Crippen molar-refractivity contribution >= 4 is 8.32 Å². The van der Waals surface area contributed by atoms with Crippen LogP contribution in [0.3, 0.4) is 0 Å². The summed E-state index contributed by atoms with van der Waals surface area (Å²) in [4.78, 5) is 0. The van der Waals surface area contributed by atoms with Gasteiger partial charge in [0, 0.05) is 0 Å². The van der Waals surface area contributed by atoms with Crippen LogP contribution in [0.2, 0.25) is 16.6 Å². The Morgan fingerprint density at radius 1 is 1.06 bits per heavy atom. The van der Waals surface area contributed by atoms with Gasteiger partial charge in [0.15, 0.2) is 0 Å². The van der Waals surface area contributed by atoms with Crippen molar-refractivity contribution in [3.05, 3.63) is 0 Å². The zero-order valence-corrected chi connectivity index (χ0v) is 12.4. The van der Waals surface area contributed by atoms with E-state index in [4.69, 9.17) is 10.8 Å². The van der Waals surface area contributed by atoms with Gasteiger partial charge in [0.05, 0.1) is 6.61 Å². The molecule has 94 valence electrons. The molecule has 0 rings (SSSR count). The van der Waals surface area contributed by atoms with Crippen molar-refractivity contribution < 1.29 is 9.53 Å². The minimum atomic E-state index is -1.86. The van der Waals surface area contributed by atoms with E-state index >= 15 is 0 Å². The van der Waals surface area contributed by atoms with Crippen molar-refractivity contribution in [1.82, 2.24) is 0 Å². The lowest BCUT2D eigenvalue weighted by Crippen LogP contribution is -2.49. The van der Waals surface area contributed by atoms with Gasteiger partial charge in [-0.05, 0) is 16.6 Å². The van der Waals surface area contributed by atoms with E-state index in [1.165, 1.54) is 0 Å². The van der Waals surface area contributed by atoms with Gasteiger partial charge in [-0.25, -0.2) is 0 Å². The molecule has 0 aliphatic heterocycles. The summed E-state index contributed by atoms with van der Waals surface area (Å²) in [6, 6.07) is 0. The molecule has 1 unspecified atom stereocenters. The average Bonchev–Trinajstić information content (AvgIpc) is 2.16. The minimum absolute atomic E-state index is 0.275. The molecule has 1 N–H and O–H groups in total. The Morgan fingerprint density at radius 3 is 1.69 bits per heavy atom. The van der Waals surface area contributed by atoms with Crippen LogP contribution in [0.15, 0.2) is 0 Å². The molecule has 2 nitrogen and oxygen atoms in total. The van der Waals surface area contributed by atoms with Crippen LogP contribution in [0.25, 0.3) is 0 Å². The third-order valence-electron chi connectivity index (χ3n) is 3.39. The maximum Gasteiger partial charge on any atom is 0.200 e. The van der Waals surface area contributed by atoms with Crippen LogP contribution in [-0.2, 0) is 4.43 Å². The Labute approximate surface area is 102 Å². The largest absolute Gasteiger partial charge is 0.412 e. The molecule has 16 heavy (non-hydrogen) atoms. The van der Waals surface area contributed by atoms with Gasteiger partial charge in [0.25, 0.3) is 0 Å². The van der Waals surface area contributed by atoms with E-state index in [9.17, 15) is 5.11 Å². The predicted octanol–water partition coefficient (Wildman–Crippen LogP) is 3.17. The van der Waals surface area contributed by atoms with E-state index < -0.39 is 14.4 Å². The molecule has 0 bridgehead atoms. The first-order valence-electron chi connectivity index (χ1n) is 6.07. The van der Waals surface area contributed by atoms with Gasteiger partial charge in [0.2, 0.25) is 8.32 Å². The zero-order valence-electron chi connectivity index (χ0n) is 11.4. The number of aliphatic hydroxyl groups excluding tert-OH is 1. The second-order valence-corrected chi connectivity index (χ2v) is 10.8. The molecule has 0 aromatic heterocycles. The first-order valence-corrected chi connectivity index (χ1v) is 8.21. The monoisotopic (exact) mass is 242 g/mol. The third-order valence-corrected chi connectivity index (χ3v) is 9.47. The van der Waals surface area contributed by atoms with Gasteiger partial charge < -0.3 is 9.53 Å². The number of rotatable bonds is 6. The third kappa shape index (κ3) is 3.34. The topological polar surface area (TPSA) is 29.5 Å². The lowest BCUT2D eigenvalue weighted by Gasteiger charge is -2.42. The summed E-state index contributed by atoms with van der Waals surface area (Å²) >= 11 is 0. The van der Waals surface area contributed by atoms with Crippen LogP contribution in [0.4, 0.5) is 0 Å². The van der Waals surface area contributed by atoms with Gasteiger partial charge >= 0.3 is 0 Å². The van der Waals surface area contributed by atoms with E-state index in [0.717, 1.165) is 0 Å². The summed E-state index contributed by atoms with van der Waals surface area (Å²) in [7, 11) is -1.86. The Balaban J connectivity index is 4.86. The van der Waals surface area contributed by atoms with Crippen molar-refractivity contribution in [2.75, 3.05) is 6.61 Å². The first kappa shape index (κ1) is 15.7.